The van der Waals surface area contributed by atoms with Crippen molar-refractivity contribution in [2.24, 2.45) is 0 Å². The van der Waals surface area contributed by atoms with E-state index in [-0.39, 0.29) is 24.8 Å². The van der Waals surface area contributed by atoms with E-state index < -0.39 is 0 Å². The molecule has 0 spiro atoms. The van der Waals surface area contributed by atoms with E-state index in [0.717, 1.165) is 29.9 Å². The van der Waals surface area contributed by atoms with Crippen LogP contribution >= 0.6 is 24.8 Å². The van der Waals surface area contributed by atoms with Crippen LogP contribution in [-0.2, 0) is 6.42 Å². The zero-order valence-corrected chi connectivity index (χ0v) is 16.0. The molecule has 26 heavy (non-hydrogen) atoms. The lowest BCUT2D eigenvalue weighted by Crippen LogP contribution is -2.08. The summed E-state index contributed by atoms with van der Waals surface area (Å²) in [4.78, 5) is 13.3. The van der Waals surface area contributed by atoms with Crippen LogP contribution in [0.1, 0.15) is 37.3 Å². The van der Waals surface area contributed by atoms with Crippen molar-refractivity contribution in [3.63, 3.8) is 0 Å². The van der Waals surface area contributed by atoms with Crippen molar-refractivity contribution in [2.45, 2.75) is 38.1 Å². The van der Waals surface area contributed by atoms with Gasteiger partial charge in [0.2, 0.25) is 0 Å². The number of nitrogens with zero attached hydrogens (tertiary/aromatic N) is 4. The van der Waals surface area contributed by atoms with E-state index in [2.05, 4.69) is 24.8 Å². The predicted octanol–water partition coefficient (Wildman–Crippen LogP) is 4.15. The lowest BCUT2D eigenvalue weighted by atomic mass is 10.1. The SMILES string of the molecule is Cl.Cl.Oc1ccc(CCNc2ncnc3c2ncn3C2CCCC2)cc1. The van der Waals surface area contributed by atoms with Gasteiger partial charge in [-0.1, -0.05) is 25.0 Å². The monoisotopic (exact) mass is 395 g/mol. The molecule has 0 radical (unpaired) electrons. The highest BCUT2D eigenvalue weighted by Gasteiger charge is 2.20. The van der Waals surface area contributed by atoms with Crippen molar-refractivity contribution < 1.29 is 5.11 Å². The first-order valence-corrected chi connectivity index (χ1v) is 8.50. The van der Waals surface area contributed by atoms with E-state index in [1.807, 2.05) is 18.5 Å². The standard InChI is InChI=1S/C18H21N5O.2ClH/c24-15-7-5-13(6-8-15)9-10-19-17-16-18(21-11-20-17)23(12-22-16)14-3-1-2-4-14;;/h5-8,11-12,14,24H,1-4,9-10H2,(H,19,20,21);2*1H. The second-order valence-electron chi connectivity index (χ2n) is 6.33. The zero-order valence-electron chi connectivity index (χ0n) is 14.3. The first-order valence-electron chi connectivity index (χ1n) is 8.50. The Hall–Kier alpha value is -2.05. The Kier molecular flexibility index (Phi) is 7.06. The van der Waals surface area contributed by atoms with E-state index in [1.165, 1.54) is 31.2 Å². The minimum Gasteiger partial charge on any atom is -0.508 e. The van der Waals surface area contributed by atoms with Crippen LogP contribution in [0.3, 0.4) is 0 Å². The van der Waals surface area contributed by atoms with E-state index in [0.29, 0.717) is 11.8 Å². The summed E-state index contributed by atoms with van der Waals surface area (Å²) >= 11 is 0. The Morgan fingerprint density at radius 1 is 1.04 bits per heavy atom. The van der Waals surface area contributed by atoms with E-state index >= 15 is 0 Å². The molecule has 8 heteroatoms. The molecule has 1 aromatic carbocycles. The van der Waals surface area contributed by atoms with Crippen molar-refractivity contribution in [1.29, 1.82) is 0 Å². The number of phenols is 1. The van der Waals surface area contributed by atoms with E-state index in [9.17, 15) is 5.11 Å². The highest BCUT2D eigenvalue weighted by atomic mass is 35.5. The molecule has 4 rings (SSSR count). The second kappa shape index (κ2) is 9.05. The van der Waals surface area contributed by atoms with E-state index in [4.69, 9.17) is 0 Å². The lowest BCUT2D eigenvalue weighted by Gasteiger charge is -2.11. The summed E-state index contributed by atoms with van der Waals surface area (Å²) in [5.74, 6) is 1.08. The molecule has 1 saturated carbocycles. The van der Waals surface area contributed by atoms with Gasteiger partial charge in [-0.25, -0.2) is 15.0 Å². The third kappa shape index (κ3) is 4.19. The highest BCUT2D eigenvalue weighted by molar-refractivity contribution is 5.85. The van der Waals surface area contributed by atoms with Gasteiger partial charge in [-0.3, -0.25) is 0 Å². The van der Waals surface area contributed by atoms with Gasteiger partial charge in [-0.05, 0) is 37.0 Å². The van der Waals surface area contributed by atoms with Crippen LogP contribution < -0.4 is 5.32 Å². The van der Waals surface area contributed by atoms with Gasteiger partial charge in [0.15, 0.2) is 11.5 Å². The maximum atomic E-state index is 9.33. The van der Waals surface area contributed by atoms with Gasteiger partial charge in [0.25, 0.3) is 0 Å². The summed E-state index contributed by atoms with van der Waals surface area (Å²) in [7, 11) is 0. The van der Waals surface area contributed by atoms with Crippen molar-refractivity contribution in [3.8, 4) is 5.75 Å². The van der Waals surface area contributed by atoms with Crippen LogP contribution in [0, 0.1) is 0 Å². The smallest absolute Gasteiger partial charge is 0.165 e. The Morgan fingerprint density at radius 2 is 1.77 bits per heavy atom. The van der Waals surface area contributed by atoms with Crippen LogP contribution in [0.2, 0.25) is 0 Å². The number of phenolic OH excluding ortho intramolecular Hbond substituents is 1. The number of aromatic hydroxyl groups is 1. The Labute approximate surface area is 164 Å². The van der Waals surface area contributed by atoms with Crippen LogP contribution in [0.5, 0.6) is 5.75 Å². The quantitative estimate of drug-likeness (QED) is 0.678. The number of benzene rings is 1. The number of hydrogen-bond acceptors (Lipinski definition) is 5. The molecule has 0 saturated heterocycles. The van der Waals surface area contributed by atoms with Gasteiger partial charge in [-0.15, -0.1) is 24.8 Å². The minimum absolute atomic E-state index is 0. The normalized spacial score (nSPS) is 14.0. The lowest BCUT2D eigenvalue weighted by molar-refractivity contribution is 0.475. The van der Waals surface area contributed by atoms with Gasteiger partial charge in [0.1, 0.15) is 17.6 Å². The summed E-state index contributed by atoms with van der Waals surface area (Å²) < 4.78 is 2.20. The molecule has 0 unspecified atom stereocenters. The van der Waals surface area contributed by atoms with Gasteiger partial charge in [0, 0.05) is 12.6 Å². The Balaban J connectivity index is 0.00000121. The Morgan fingerprint density at radius 3 is 2.50 bits per heavy atom. The summed E-state index contributed by atoms with van der Waals surface area (Å²) in [6, 6.07) is 7.81. The molecule has 0 atom stereocenters. The van der Waals surface area contributed by atoms with Gasteiger partial charge in [0.05, 0.1) is 6.33 Å². The van der Waals surface area contributed by atoms with Crippen LogP contribution in [0.4, 0.5) is 5.82 Å². The molecule has 1 fully saturated rings. The highest BCUT2D eigenvalue weighted by Crippen LogP contribution is 2.32. The maximum Gasteiger partial charge on any atom is 0.165 e. The maximum absolute atomic E-state index is 9.33. The molecule has 3 aromatic rings. The number of aromatic nitrogens is 4. The number of hydrogen-bond donors (Lipinski definition) is 2. The molecule has 140 valence electrons. The average molecular weight is 396 g/mol. The van der Waals surface area contributed by atoms with Gasteiger partial charge in [-0.2, -0.15) is 0 Å². The van der Waals surface area contributed by atoms with Crippen molar-refractivity contribution >= 4 is 41.8 Å². The number of halogens is 2. The summed E-state index contributed by atoms with van der Waals surface area (Å²) in [6.07, 6.45) is 9.35. The van der Waals surface area contributed by atoms with Crippen molar-refractivity contribution in [2.75, 3.05) is 11.9 Å². The van der Waals surface area contributed by atoms with Crippen LogP contribution in [-0.4, -0.2) is 31.2 Å². The fourth-order valence-electron chi connectivity index (χ4n) is 3.42. The molecular formula is C18H23Cl2N5O. The molecule has 0 amide bonds. The summed E-state index contributed by atoms with van der Waals surface area (Å²) in [5, 5.41) is 12.7. The zero-order chi connectivity index (χ0) is 16.4. The molecule has 6 nitrogen and oxygen atoms in total. The minimum atomic E-state index is 0. The molecule has 0 bridgehead atoms. The van der Waals surface area contributed by atoms with Crippen molar-refractivity contribution in [1.82, 2.24) is 19.5 Å². The number of anilines is 1. The fourth-order valence-corrected chi connectivity index (χ4v) is 3.42. The fraction of sp³-hybridized carbons (Fsp3) is 0.389. The first kappa shape index (κ1) is 20.3. The number of imidazole rings is 1. The van der Waals surface area contributed by atoms with Gasteiger partial charge >= 0.3 is 0 Å². The first-order chi connectivity index (χ1) is 11.8. The van der Waals surface area contributed by atoms with Crippen LogP contribution in [0.15, 0.2) is 36.9 Å². The second-order valence-corrected chi connectivity index (χ2v) is 6.33. The third-order valence-electron chi connectivity index (χ3n) is 4.72. The van der Waals surface area contributed by atoms with E-state index in [1.54, 1.807) is 18.5 Å². The third-order valence-corrected chi connectivity index (χ3v) is 4.72. The molecular weight excluding hydrogens is 373 g/mol. The van der Waals surface area contributed by atoms with Gasteiger partial charge < -0.3 is 15.0 Å². The Bertz CT molecular complexity index is 831. The molecule has 2 heterocycles. The molecule has 0 aliphatic heterocycles. The van der Waals surface area contributed by atoms with Crippen molar-refractivity contribution in [3.05, 3.63) is 42.5 Å². The predicted molar refractivity (Wildman–Crippen MR) is 108 cm³/mol. The average Bonchev–Trinajstić information content (AvgIpc) is 3.25. The molecule has 1 aliphatic rings. The summed E-state index contributed by atoms with van der Waals surface area (Å²) in [5.41, 5.74) is 2.93. The molecule has 1 aliphatic carbocycles. The largest absolute Gasteiger partial charge is 0.508 e. The van der Waals surface area contributed by atoms with Crippen LogP contribution in [0.25, 0.3) is 11.2 Å². The number of fused-ring (bicyclic) bond motifs is 1. The topological polar surface area (TPSA) is 75.9 Å². The molecule has 2 aromatic heterocycles. The number of rotatable bonds is 5. The number of nitrogens with one attached hydrogen (secondary N) is 1. The summed E-state index contributed by atoms with van der Waals surface area (Å²) in [6.45, 7) is 0.757. The molecule has 2 N–H and O–H groups in total.